The van der Waals surface area contributed by atoms with Crippen LogP contribution in [0, 0.1) is 0 Å². The van der Waals surface area contributed by atoms with Crippen molar-refractivity contribution in [1.29, 1.82) is 0 Å². The van der Waals surface area contributed by atoms with E-state index >= 15 is 0 Å². The summed E-state index contributed by atoms with van der Waals surface area (Å²) in [5.74, 6) is -1.10. The molecule has 1 aromatic rings. The Morgan fingerprint density at radius 2 is 1.86 bits per heavy atom. The van der Waals surface area contributed by atoms with Crippen LogP contribution in [0.15, 0.2) is 18.2 Å². The van der Waals surface area contributed by atoms with Gasteiger partial charge in [0.1, 0.15) is 0 Å². The highest BCUT2D eigenvalue weighted by atomic mass is 35.5. The monoisotopic (exact) mass is 310 g/mol. The standard InChI is InChI=1S/C14H19ClN4O2/c15-11-5-9(6-18-10-2-3-10)1-4-12(11)19(7-13(16)20)8-14(17)21/h1,4-5,10,18H,2-3,6-8H2,(H2,16,20)(H2,17,21). The summed E-state index contributed by atoms with van der Waals surface area (Å²) >= 11 is 6.25. The molecule has 5 N–H and O–H groups in total. The van der Waals surface area contributed by atoms with Crippen LogP contribution < -0.4 is 21.7 Å². The van der Waals surface area contributed by atoms with Gasteiger partial charge in [0, 0.05) is 12.6 Å². The van der Waals surface area contributed by atoms with Crippen molar-refractivity contribution in [3.8, 4) is 0 Å². The van der Waals surface area contributed by atoms with Crippen LogP contribution in [0.4, 0.5) is 5.69 Å². The van der Waals surface area contributed by atoms with Crippen molar-refractivity contribution in [3.05, 3.63) is 28.8 Å². The van der Waals surface area contributed by atoms with Crippen molar-refractivity contribution in [2.45, 2.75) is 25.4 Å². The number of benzene rings is 1. The highest BCUT2D eigenvalue weighted by molar-refractivity contribution is 6.33. The number of nitrogens with one attached hydrogen (secondary N) is 1. The zero-order chi connectivity index (χ0) is 15.4. The molecular formula is C14H19ClN4O2. The van der Waals surface area contributed by atoms with E-state index in [1.165, 1.54) is 17.7 Å². The Morgan fingerprint density at radius 3 is 2.33 bits per heavy atom. The average molecular weight is 311 g/mol. The molecule has 0 saturated heterocycles. The van der Waals surface area contributed by atoms with Crippen molar-refractivity contribution in [3.63, 3.8) is 0 Å². The molecule has 1 aliphatic carbocycles. The third-order valence-corrected chi connectivity index (χ3v) is 3.52. The summed E-state index contributed by atoms with van der Waals surface area (Å²) in [6.07, 6.45) is 2.44. The molecule has 6 nitrogen and oxygen atoms in total. The quantitative estimate of drug-likeness (QED) is 0.645. The van der Waals surface area contributed by atoms with Gasteiger partial charge in [0.15, 0.2) is 0 Å². The molecule has 0 atom stereocenters. The SMILES string of the molecule is NC(=O)CN(CC(N)=O)c1ccc(CNC2CC2)cc1Cl. The Kier molecular flexibility index (Phi) is 5.03. The summed E-state index contributed by atoms with van der Waals surface area (Å²) in [5.41, 5.74) is 12.0. The van der Waals surface area contributed by atoms with Gasteiger partial charge in [0.05, 0.1) is 23.8 Å². The Labute approximate surface area is 128 Å². The average Bonchev–Trinajstić information content (AvgIpc) is 3.18. The van der Waals surface area contributed by atoms with Gasteiger partial charge in [-0.15, -0.1) is 0 Å². The first-order chi connectivity index (χ1) is 9.95. The summed E-state index contributed by atoms with van der Waals surface area (Å²) in [7, 11) is 0. The molecule has 21 heavy (non-hydrogen) atoms. The first-order valence-corrected chi connectivity index (χ1v) is 7.17. The number of hydrogen-bond acceptors (Lipinski definition) is 4. The molecule has 0 aliphatic heterocycles. The molecule has 1 fully saturated rings. The third kappa shape index (κ3) is 4.91. The van der Waals surface area contributed by atoms with Gasteiger partial charge in [-0.05, 0) is 30.5 Å². The third-order valence-electron chi connectivity index (χ3n) is 3.22. The van der Waals surface area contributed by atoms with E-state index in [9.17, 15) is 9.59 Å². The molecule has 0 spiro atoms. The van der Waals surface area contributed by atoms with Gasteiger partial charge in [-0.2, -0.15) is 0 Å². The lowest BCUT2D eigenvalue weighted by atomic mass is 10.2. The summed E-state index contributed by atoms with van der Waals surface area (Å²) in [5, 5.41) is 3.86. The fraction of sp³-hybridized carbons (Fsp3) is 0.429. The van der Waals surface area contributed by atoms with Gasteiger partial charge in [-0.25, -0.2) is 0 Å². The lowest BCUT2D eigenvalue weighted by Gasteiger charge is -2.23. The van der Waals surface area contributed by atoms with E-state index in [-0.39, 0.29) is 13.1 Å². The van der Waals surface area contributed by atoms with Gasteiger partial charge >= 0.3 is 0 Å². The van der Waals surface area contributed by atoms with Gasteiger partial charge in [-0.1, -0.05) is 17.7 Å². The van der Waals surface area contributed by atoms with Crippen LogP contribution >= 0.6 is 11.6 Å². The molecule has 2 amide bonds. The maximum absolute atomic E-state index is 11.1. The van der Waals surface area contributed by atoms with Crippen LogP contribution in [0.3, 0.4) is 0 Å². The molecule has 0 unspecified atom stereocenters. The first kappa shape index (κ1) is 15.6. The highest BCUT2D eigenvalue weighted by Crippen LogP contribution is 2.27. The lowest BCUT2D eigenvalue weighted by molar-refractivity contribution is -0.117. The number of carbonyl (C=O) groups excluding carboxylic acids is 2. The minimum Gasteiger partial charge on any atom is -0.368 e. The van der Waals surface area contributed by atoms with Crippen molar-refractivity contribution in [2.75, 3.05) is 18.0 Å². The van der Waals surface area contributed by atoms with Crippen molar-refractivity contribution >= 4 is 29.1 Å². The Balaban J connectivity index is 2.10. The fourth-order valence-electron chi connectivity index (χ4n) is 2.07. The Morgan fingerprint density at radius 1 is 1.24 bits per heavy atom. The van der Waals surface area contributed by atoms with E-state index < -0.39 is 11.8 Å². The number of carbonyl (C=O) groups is 2. The summed E-state index contributed by atoms with van der Waals surface area (Å²) in [4.78, 5) is 23.7. The largest absolute Gasteiger partial charge is 0.368 e. The van der Waals surface area contributed by atoms with Gasteiger partial charge in [0.25, 0.3) is 0 Å². The molecule has 0 heterocycles. The van der Waals surface area contributed by atoms with E-state index in [1.54, 1.807) is 6.07 Å². The number of amides is 2. The summed E-state index contributed by atoms with van der Waals surface area (Å²) in [6.45, 7) is 0.529. The second-order valence-electron chi connectivity index (χ2n) is 5.23. The predicted octanol–water partition coefficient (Wildman–Crippen LogP) is 0.369. The molecule has 2 rings (SSSR count). The Bertz CT molecular complexity index is 530. The zero-order valence-corrected chi connectivity index (χ0v) is 12.4. The predicted molar refractivity (Wildman–Crippen MR) is 81.9 cm³/mol. The molecule has 114 valence electrons. The van der Waals surface area contributed by atoms with Crippen molar-refractivity contribution < 1.29 is 9.59 Å². The smallest absolute Gasteiger partial charge is 0.236 e. The number of nitrogens with zero attached hydrogens (tertiary/aromatic N) is 1. The normalized spacial score (nSPS) is 14.0. The van der Waals surface area contributed by atoms with Gasteiger partial charge in [-0.3, -0.25) is 9.59 Å². The van der Waals surface area contributed by atoms with Crippen LogP contribution in [-0.4, -0.2) is 30.9 Å². The first-order valence-electron chi connectivity index (χ1n) is 6.79. The minimum atomic E-state index is -0.549. The molecular weight excluding hydrogens is 292 g/mol. The number of halogens is 1. The number of nitrogens with two attached hydrogens (primary N) is 2. The van der Waals surface area contributed by atoms with Crippen LogP contribution in [0.5, 0.6) is 0 Å². The Hall–Kier alpha value is -1.79. The topological polar surface area (TPSA) is 101 Å². The molecule has 1 saturated carbocycles. The van der Waals surface area contributed by atoms with E-state index in [0.717, 1.165) is 12.1 Å². The van der Waals surface area contributed by atoms with E-state index in [2.05, 4.69) is 5.32 Å². The second-order valence-corrected chi connectivity index (χ2v) is 5.64. The maximum atomic E-state index is 11.1. The summed E-state index contributed by atoms with van der Waals surface area (Å²) in [6, 6.07) is 6.12. The minimum absolute atomic E-state index is 0.109. The number of primary amides is 2. The van der Waals surface area contributed by atoms with Crippen molar-refractivity contribution in [1.82, 2.24) is 5.32 Å². The molecule has 0 bridgehead atoms. The van der Waals surface area contributed by atoms with E-state index in [0.29, 0.717) is 16.8 Å². The van der Waals surface area contributed by atoms with Crippen molar-refractivity contribution in [2.24, 2.45) is 11.5 Å². The second kappa shape index (κ2) is 6.78. The number of hydrogen-bond donors (Lipinski definition) is 3. The summed E-state index contributed by atoms with van der Waals surface area (Å²) < 4.78 is 0. The lowest BCUT2D eigenvalue weighted by Crippen LogP contribution is -2.39. The molecule has 0 radical (unpaired) electrons. The van der Waals surface area contributed by atoms with E-state index in [4.69, 9.17) is 23.1 Å². The van der Waals surface area contributed by atoms with E-state index in [1.807, 2.05) is 12.1 Å². The maximum Gasteiger partial charge on any atom is 0.236 e. The fourth-order valence-corrected chi connectivity index (χ4v) is 2.39. The number of rotatable bonds is 8. The number of anilines is 1. The van der Waals surface area contributed by atoms with Crippen LogP contribution in [0.1, 0.15) is 18.4 Å². The van der Waals surface area contributed by atoms with Gasteiger partial charge < -0.3 is 21.7 Å². The van der Waals surface area contributed by atoms with Crippen LogP contribution in [-0.2, 0) is 16.1 Å². The molecule has 0 aromatic heterocycles. The highest BCUT2D eigenvalue weighted by Gasteiger charge is 2.20. The zero-order valence-electron chi connectivity index (χ0n) is 11.6. The molecule has 7 heteroatoms. The molecule has 1 aliphatic rings. The van der Waals surface area contributed by atoms with Crippen LogP contribution in [0.25, 0.3) is 0 Å². The molecule has 1 aromatic carbocycles. The van der Waals surface area contributed by atoms with Crippen LogP contribution in [0.2, 0.25) is 5.02 Å². The van der Waals surface area contributed by atoms with Gasteiger partial charge in [0.2, 0.25) is 11.8 Å².